The minimum absolute atomic E-state index is 0.0799. The summed E-state index contributed by atoms with van der Waals surface area (Å²) in [4.78, 5) is 4.32. The van der Waals surface area contributed by atoms with Gasteiger partial charge in [0.1, 0.15) is 12.2 Å². The zero-order valence-corrected chi connectivity index (χ0v) is 10.5. The fraction of sp³-hybridized carbons (Fsp3) is 0.833. The van der Waals surface area contributed by atoms with Crippen molar-refractivity contribution in [3.05, 3.63) is 12.2 Å². The summed E-state index contributed by atoms with van der Waals surface area (Å²) in [6, 6.07) is 0. The SMILES string of the molecule is CCn1ncnc1CC1(N)CCC(C)(C)C1. The number of aromatic nitrogens is 3. The minimum Gasteiger partial charge on any atom is -0.325 e. The van der Waals surface area contributed by atoms with Crippen molar-refractivity contribution in [1.82, 2.24) is 14.8 Å². The van der Waals surface area contributed by atoms with Gasteiger partial charge in [-0.05, 0) is 31.6 Å². The Morgan fingerprint density at radius 1 is 1.44 bits per heavy atom. The van der Waals surface area contributed by atoms with Crippen LogP contribution in [0.4, 0.5) is 0 Å². The van der Waals surface area contributed by atoms with Crippen LogP contribution in [-0.4, -0.2) is 20.3 Å². The van der Waals surface area contributed by atoms with Crippen molar-refractivity contribution in [3.63, 3.8) is 0 Å². The van der Waals surface area contributed by atoms with Crippen molar-refractivity contribution >= 4 is 0 Å². The van der Waals surface area contributed by atoms with Gasteiger partial charge in [-0.2, -0.15) is 5.10 Å². The molecule has 1 aromatic rings. The van der Waals surface area contributed by atoms with Crippen LogP contribution < -0.4 is 5.73 Å². The van der Waals surface area contributed by atoms with E-state index in [2.05, 4.69) is 30.9 Å². The van der Waals surface area contributed by atoms with Crippen molar-refractivity contribution in [2.75, 3.05) is 0 Å². The lowest BCUT2D eigenvalue weighted by molar-refractivity contribution is 0.328. The maximum absolute atomic E-state index is 6.47. The quantitative estimate of drug-likeness (QED) is 0.847. The second kappa shape index (κ2) is 3.84. The first-order chi connectivity index (χ1) is 7.44. The van der Waals surface area contributed by atoms with Gasteiger partial charge in [0.15, 0.2) is 0 Å². The minimum atomic E-state index is -0.0799. The van der Waals surface area contributed by atoms with Gasteiger partial charge in [0, 0.05) is 18.5 Å². The predicted molar refractivity (Wildman–Crippen MR) is 64.0 cm³/mol. The topological polar surface area (TPSA) is 56.7 Å². The normalized spacial score (nSPS) is 28.5. The van der Waals surface area contributed by atoms with E-state index in [-0.39, 0.29) is 5.54 Å². The van der Waals surface area contributed by atoms with Gasteiger partial charge in [0.25, 0.3) is 0 Å². The van der Waals surface area contributed by atoms with Gasteiger partial charge >= 0.3 is 0 Å². The Morgan fingerprint density at radius 2 is 2.19 bits per heavy atom. The molecule has 0 saturated heterocycles. The van der Waals surface area contributed by atoms with Crippen LogP contribution in [0.25, 0.3) is 0 Å². The average Bonchev–Trinajstić information content (AvgIpc) is 2.71. The molecule has 0 aromatic carbocycles. The van der Waals surface area contributed by atoms with Crippen molar-refractivity contribution < 1.29 is 0 Å². The first-order valence-electron chi connectivity index (χ1n) is 6.10. The van der Waals surface area contributed by atoms with E-state index < -0.39 is 0 Å². The van der Waals surface area contributed by atoms with Gasteiger partial charge in [-0.15, -0.1) is 0 Å². The molecule has 0 amide bonds. The molecule has 1 fully saturated rings. The van der Waals surface area contributed by atoms with Crippen molar-refractivity contribution in [1.29, 1.82) is 0 Å². The number of hydrogen-bond acceptors (Lipinski definition) is 3. The van der Waals surface area contributed by atoms with Crippen molar-refractivity contribution in [2.45, 2.75) is 58.5 Å². The van der Waals surface area contributed by atoms with Crippen molar-refractivity contribution in [2.24, 2.45) is 11.1 Å². The van der Waals surface area contributed by atoms with E-state index in [4.69, 9.17) is 5.73 Å². The molecule has 1 aromatic heterocycles. The van der Waals surface area contributed by atoms with Gasteiger partial charge in [0.2, 0.25) is 0 Å². The number of nitrogens with two attached hydrogens (primary N) is 1. The van der Waals surface area contributed by atoms with Crippen LogP contribution >= 0.6 is 0 Å². The summed E-state index contributed by atoms with van der Waals surface area (Å²) in [5, 5.41) is 4.19. The number of nitrogens with zero attached hydrogens (tertiary/aromatic N) is 3. The van der Waals surface area contributed by atoms with E-state index in [0.29, 0.717) is 5.41 Å². The smallest absolute Gasteiger partial charge is 0.138 e. The highest BCUT2D eigenvalue weighted by atomic mass is 15.3. The van der Waals surface area contributed by atoms with Crippen LogP contribution in [0.5, 0.6) is 0 Å². The largest absolute Gasteiger partial charge is 0.325 e. The third-order valence-electron chi connectivity index (χ3n) is 3.64. The summed E-state index contributed by atoms with van der Waals surface area (Å²) in [6.07, 6.45) is 5.86. The molecule has 2 rings (SSSR count). The van der Waals surface area contributed by atoms with E-state index in [0.717, 1.165) is 31.6 Å². The van der Waals surface area contributed by atoms with Crippen LogP contribution in [-0.2, 0) is 13.0 Å². The Bertz CT molecular complexity index is 369. The van der Waals surface area contributed by atoms with E-state index in [1.165, 1.54) is 6.42 Å². The fourth-order valence-electron chi connectivity index (χ4n) is 2.87. The summed E-state index contributed by atoms with van der Waals surface area (Å²) in [5.41, 5.74) is 6.77. The third kappa shape index (κ3) is 2.26. The Balaban J connectivity index is 2.10. The standard InChI is InChI=1S/C12H22N4/c1-4-16-10(14-9-15-16)7-12(13)6-5-11(2,3)8-12/h9H,4-8,13H2,1-3H3. The van der Waals surface area contributed by atoms with Crippen LogP contribution in [0, 0.1) is 5.41 Å². The lowest BCUT2D eigenvalue weighted by Gasteiger charge is -2.26. The molecule has 4 nitrogen and oxygen atoms in total. The first-order valence-corrected chi connectivity index (χ1v) is 6.10. The maximum Gasteiger partial charge on any atom is 0.138 e. The van der Waals surface area contributed by atoms with Gasteiger partial charge in [-0.3, -0.25) is 4.68 Å². The second-order valence-electron chi connectivity index (χ2n) is 5.87. The Hall–Kier alpha value is -0.900. The molecule has 1 aliphatic carbocycles. The molecule has 90 valence electrons. The van der Waals surface area contributed by atoms with E-state index in [1.807, 2.05) is 4.68 Å². The molecular formula is C12H22N4. The molecular weight excluding hydrogens is 200 g/mol. The molecule has 0 spiro atoms. The molecule has 1 aliphatic rings. The summed E-state index contributed by atoms with van der Waals surface area (Å²) in [6.45, 7) is 7.55. The maximum atomic E-state index is 6.47. The van der Waals surface area contributed by atoms with E-state index in [1.54, 1.807) is 6.33 Å². The predicted octanol–water partition coefficient (Wildman–Crippen LogP) is 1.75. The monoisotopic (exact) mass is 222 g/mol. The number of aryl methyl sites for hydroxylation is 1. The van der Waals surface area contributed by atoms with E-state index >= 15 is 0 Å². The summed E-state index contributed by atoms with van der Waals surface area (Å²) in [5.74, 6) is 1.03. The molecule has 1 unspecified atom stereocenters. The number of rotatable bonds is 3. The summed E-state index contributed by atoms with van der Waals surface area (Å²) < 4.78 is 1.94. The van der Waals surface area contributed by atoms with Gasteiger partial charge in [-0.1, -0.05) is 13.8 Å². The summed E-state index contributed by atoms with van der Waals surface area (Å²) in [7, 11) is 0. The van der Waals surface area contributed by atoms with Crippen LogP contribution in [0.2, 0.25) is 0 Å². The molecule has 16 heavy (non-hydrogen) atoms. The van der Waals surface area contributed by atoms with E-state index in [9.17, 15) is 0 Å². The third-order valence-corrected chi connectivity index (χ3v) is 3.64. The Labute approximate surface area is 97.2 Å². The molecule has 1 heterocycles. The lowest BCUT2D eigenvalue weighted by Crippen LogP contribution is -2.41. The van der Waals surface area contributed by atoms with Crippen LogP contribution in [0.3, 0.4) is 0 Å². The zero-order chi connectivity index (χ0) is 11.8. The highest BCUT2D eigenvalue weighted by Gasteiger charge is 2.41. The van der Waals surface area contributed by atoms with Gasteiger partial charge in [0.05, 0.1) is 0 Å². The molecule has 1 atom stereocenters. The molecule has 4 heteroatoms. The molecule has 1 saturated carbocycles. The fourth-order valence-corrected chi connectivity index (χ4v) is 2.87. The Kier molecular flexibility index (Phi) is 2.78. The number of hydrogen-bond donors (Lipinski definition) is 1. The van der Waals surface area contributed by atoms with Gasteiger partial charge in [-0.25, -0.2) is 4.98 Å². The average molecular weight is 222 g/mol. The highest BCUT2D eigenvalue weighted by Crippen LogP contribution is 2.43. The van der Waals surface area contributed by atoms with Crippen molar-refractivity contribution in [3.8, 4) is 0 Å². The Morgan fingerprint density at radius 3 is 2.75 bits per heavy atom. The molecule has 0 radical (unpaired) electrons. The zero-order valence-electron chi connectivity index (χ0n) is 10.5. The molecule has 2 N–H and O–H groups in total. The summed E-state index contributed by atoms with van der Waals surface area (Å²) >= 11 is 0. The van der Waals surface area contributed by atoms with Crippen LogP contribution in [0.1, 0.15) is 45.9 Å². The second-order valence-corrected chi connectivity index (χ2v) is 5.87. The molecule has 0 bridgehead atoms. The highest BCUT2D eigenvalue weighted by molar-refractivity contribution is 5.04. The molecule has 0 aliphatic heterocycles. The van der Waals surface area contributed by atoms with Gasteiger partial charge < -0.3 is 5.73 Å². The van der Waals surface area contributed by atoms with Crippen LogP contribution in [0.15, 0.2) is 6.33 Å². The lowest BCUT2D eigenvalue weighted by atomic mass is 9.86. The first kappa shape index (κ1) is 11.6.